The molecule has 124 valence electrons. The number of hydrogen-bond acceptors (Lipinski definition) is 4. The third kappa shape index (κ3) is 3.78. The van der Waals surface area contributed by atoms with Gasteiger partial charge >= 0.3 is 5.97 Å². The summed E-state index contributed by atoms with van der Waals surface area (Å²) in [6.07, 6.45) is 3.84. The first kappa shape index (κ1) is 16.8. The standard InChI is InChI=1S/C16H26N2O4/c1-10(19)17-12-7-5-6-11-8-9-13(18(11)14(12)20)15(21)22-16(2,3)4/h11-13H,5-9H2,1-4H3,(H,17,19)/t11-,12-,13-/m0/s1. The van der Waals surface area contributed by atoms with Gasteiger partial charge in [0.25, 0.3) is 0 Å². The van der Waals surface area contributed by atoms with Crippen LogP contribution in [0.4, 0.5) is 0 Å². The highest BCUT2D eigenvalue weighted by molar-refractivity contribution is 5.91. The van der Waals surface area contributed by atoms with Crippen molar-refractivity contribution in [1.82, 2.24) is 10.2 Å². The Hall–Kier alpha value is -1.59. The number of rotatable bonds is 2. The Morgan fingerprint density at radius 3 is 2.45 bits per heavy atom. The van der Waals surface area contributed by atoms with E-state index in [9.17, 15) is 14.4 Å². The molecule has 2 saturated heterocycles. The molecule has 1 N–H and O–H groups in total. The number of carbonyl (C=O) groups is 3. The highest BCUT2D eigenvalue weighted by Gasteiger charge is 2.45. The van der Waals surface area contributed by atoms with Crippen molar-refractivity contribution in [1.29, 1.82) is 0 Å². The van der Waals surface area contributed by atoms with Gasteiger partial charge < -0.3 is 15.0 Å². The molecule has 0 aromatic rings. The lowest BCUT2D eigenvalue weighted by Gasteiger charge is -2.31. The molecule has 0 radical (unpaired) electrons. The van der Waals surface area contributed by atoms with Crippen LogP contribution in [0, 0.1) is 0 Å². The minimum absolute atomic E-state index is 0.0868. The highest BCUT2D eigenvalue weighted by atomic mass is 16.6. The van der Waals surface area contributed by atoms with E-state index >= 15 is 0 Å². The zero-order valence-electron chi connectivity index (χ0n) is 13.8. The molecular weight excluding hydrogens is 284 g/mol. The summed E-state index contributed by atoms with van der Waals surface area (Å²) in [5.74, 6) is -0.706. The van der Waals surface area contributed by atoms with Gasteiger partial charge in [0.05, 0.1) is 0 Å². The number of carbonyl (C=O) groups excluding carboxylic acids is 3. The molecule has 0 bridgehead atoms. The van der Waals surface area contributed by atoms with Crippen molar-refractivity contribution in [3.8, 4) is 0 Å². The average molecular weight is 310 g/mol. The summed E-state index contributed by atoms with van der Waals surface area (Å²) in [5.41, 5.74) is -0.568. The Bertz CT molecular complexity index is 469. The van der Waals surface area contributed by atoms with Crippen molar-refractivity contribution < 1.29 is 19.1 Å². The normalized spacial score (nSPS) is 28.8. The van der Waals surface area contributed by atoms with Crippen LogP contribution in [0.25, 0.3) is 0 Å². The van der Waals surface area contributed by atoms with Gasteiger partial charge in [0.1, 0.15) is 17.7 Å². The van der Waals surface area contributed by atoms with E-state index in [2.05, 4.69) is 5.32 Å². The first-order valence-corrected chi connectivity index (χ1v) is 8.01. The first-order valence-electron chi connectivity index (χ1n) is 8.01. The van der Waals surface area contributed by atoms with Crippen LogP contribution in [0.1, 0.15) is 59.8 Å². The zero-order chi connectivity index (χ0) is 16.5. The van der Waals surface area contributed by atoms with Gasteiger partial charge in [-0.05, 0) is 52.9 Å². The second kappa shape index (κ2) is 6.26. The second-order valence-electron chi connectivity index (χ2n) is 7.21. The van der Waals surface area contributed by atoms with Crippen LogP contribution in [0.15, 0.2) is 0 Å². The molecule has 6 nitrogen and oxygen atoms in total. The number of ether oxygens (including phenoxy) is 1. The SMILES string of the molecule is CC(=O)N[C@H]1CCC[C@H]2CC[C@@H](C(=O)OC(C)(C)C)N2C1=O. The number of esters is 1. The summed E-state index contributed by atoms with van der Waals surface area (Å²) in [6.45, 7) is 6.87. The third-order valence-electron chi connectivity index (χ3n) is 4.14. The maximum Gasteiger partial charge on any atom is 0.329 e. The summed E-state index contributed by atoms with van der Waals surface area (Å²) in [5, 5.41) is 2.71. The molecule has 0 spiro atoms. The predicted octanol–water partition coefficient (Wildman–Crippen LogP) is 1.38. The molecule has 3 atom stereocenters. The minimum atomic E-state index is -0.568. The van der Waals surface area contributed by atoms with E-state index in [1.54, 1.807) is 4.90 Å². The number of nitrogens with zero attached hydrogens (tertiary/aromatic N) is 1. The van der Waals surface area contributed by atoms with Gasteiger partial charge in [-0.2, -0.15) is 0 Å². The lowest BCUT2D eigenvalue weighted by atomic mass is 10.1. The van der Waals surface area contributed by atoms with Crippen molar-refractivity contribution >= 4 is 17.8 Å². The maximum atomic E-state index is 12.7. The molecule has 0 unspecified atom stereocenters. The maximum absolute atomic E-state index is 12.7. The highest BCUT2D eigenvalue weighted by Crippen LogP contribution is 2.33. The molecule has 6 heteroatoms. The van der Waals surface area contributed by atoms with Crippen LogP contribution in [-0.2, 0) is 19.1 Å². The van der Waals surface area contributed by atoms with Crippen molar-refractivity contribution in [2.24, 2.45) is 0 Å². The summed E-state index contributed by atoms with van der Waals surface area (Å²) in [6, 6.07) is -0.958. The van der Waals surface area contributed by atoms with E-state index in [4.69, 9.17) is 4.74 Å². The molecule has 0 saturated carbocycles. The van der Waals surface area contributed by atoms with Crippen molar-refractivity contribution in [3.05, 3.63) is 0 Å². The van der Waals surface area contributed by atoms with Crippen molar-refractivity contribution in [3.63, 3.8) is 0 Å². The average Bonchev–Trinajstić information content (AvgIpc) is 2.72. The molecule has 22 heavy (non-hydrogen) atoms. The van der Waals surface area contributed by atoms with Crippen LogP contribution in [0.2, 0.25) is 0 Å². The number of nitrogens with one attached hydrogen (secondary N) is 1. The number of fused-ring (bicyclic) bond motifs is 1. The minimum Gasteiger partial charge on any atom is -0.458 e. The Morgan fingerprint density at radius 1 is 1.18 bits per heavy atom. The zero-order valence-corrected chi connectivity index (χ0v) is 13.8. The first-order chi connectivity index (χ1) is 10.2. The molecule has 2 aliphatic heterocycles. The smallest absolute Gasteiger partial charge is 0.329 e. The fourth-order valence-electron chi connectivity index (χ4n) is 3.34. The van der Waals surface area contributed by atoms with Crippen LogP contribution in [-0.4, -0.2) is 46.4 Å². The number of amides is 2. The van der Waals surface area contributed by atoms with E-state index < -0.39 is 17.7 Å². The van der Waals surface area contributed by atoms with E-state index in [1.807, 2.05) is 20.8 Å². The van der Waals surface area contributed by atoms with Crippen LogP contribution in [0.5, 0.6) is 0 Å². The van der Waals surface area contributed by atoms with Crippen molar-refractivity contribution in [2.75, 3.05) is 0 Å². The third-order valence-corrected chi connectivity index (χ3v) is 4.14. The van der Waals surface area contributed by atoms with E-state index in [0.717, 1.165) is 19.3 Å². The molecule has 0 aromatic carbocycles. The Kier molecular flexibility index (Phi) is 4.78. The van der Waals surface area contributed by atoms with Crippen LogP contribution < -0.4 is 5.32 Å². The van der Waals surface area contributed by atoms with Crippen LogP contribution in [0.3, 0.4) is 0 Å². The second-order valence-corrected chi connectivity index (χ2v) is 7.21. The Morgan fingerprint density at radius 2 is 1.86 bits per heavy atom. The van der Waals surface area contributed by atoms with E-state index in [0.29, 0.717) is 12.8 Å². The monoisotopic (exact) mass is 310 g/mol. The van der Waals surface area contributed by atoms with Gasteiger partial charge in [-0.25, -0.2) is 4.79 Å². The van der Waals surface area contributed by atoms with Crippen molar-refractivity contribution in [2.45, 2.75) is 83.5 Å². The summed E-state index contributed by atoms with van der Waals surface area (Å²) < 4.78 is 5.46. The van der Waals surface area contributed by atoms with Gasteiger partial charge in [0.15, 0.2) is 0 Å². The lowest BCUT2D eigenvalue weighted by Crippen LogP contribution is -2.53. The quantitative estimate of drug-likeness (QED) is 0.782. The lowest BCUT2D eigenvalue weighted by molar-refractivity contribution is -0.164. The van der Waals surface area contributed by atoms with Gasteiger partial charge in [-0.1, -0.05) is 0 Å². The fraction of sp³-hybridized carbons (Fsp3) is 0.812. The molecule has 2 rings (SSSR count). The molecule has 0 aromatic heterocycles. The molecule has 2 heterocycles. The summed E-state index contributed by atoms with van der Waals surface area (Å²) in [4.78, 5) is 38.1. The largest absolute Gasteiger partial charge is 0.458 e. The van der Waals surface area contributed by atoms with Gasteiger partial charge in [-0.15, -0.1) is 0 Å². The summed E-state index contributed by atoms with van der Waals surface area (Å²) in [7, 11) is 0. The molecule has 2 amide bonds. The van der Waals surface area contributed by atoms with Gasteiger partial charge in [0.2, 0.25) is 11.8 Å². The van der Waals surface area contributed by atoms with E-state index in [1.165, 1.54) is 6.92 Å². The van der Waals surface area contributed by atoms with Gasteiger partial charge in [-0.3, -0.25) is 9.59 Å². The molecule has 2 fully saturated rings. The van der Waals surface area contributed by atoms with E-state index in [-0.39, 0.29) is 23.8 Å². The molecular formula is C16H26N2O4. The Labute approximate surface area is 131 Å². The molecule has 0 aliphatic carbocycles. The Balaban J connectivity index is 2.16. The predicted molar refractivity (Wildman–Crippen MR) is 81.0 cm³/mol. The number of hydrogen-bond donors (Lipinski definition) is 1. The fourth-order valence-corrected chi connectivity index (χ4v) is 3.34. The van der Waals surface area contributed by atoms with Gasteiger partial charge in [0, 0.05) is 13.0 Å². The summed E-state index contributed by atoms with van der Waals surface area (Å²) >= 11 is 0. The van der Waals surface area contributed by atoms with Crippen LogP contribution >= 0.6 is 0 Å². The topological polar surface area (TPSA) is 75.7 Å². The molecule has 2 aliphatic rings.